The standard InChI is InChI=1S/C17H11Cl2NO3S/c18-12-9-7-11(8-10-12)17(21)20-15-5-1-4-14-13(15)3-2-6-16(14)24(19,22)23/h1-10H,(H,20,21). The van der Waals surface area contributed by atoms with Crippen molar-refractivity contribution in [3.63, 3.8) is 0 Å². The number of nitrogens with one attached hydrogen (secondary N) is 1. The van der Waals surface area contributed by atoms with Crippen molar-refractivity contribution in [2.75, 3.05) is 5.32 Å². The minimum Gasteiger partial charge on any atom is -0.321 e. The second kappa shape index (κ2) is 6.43. The highest BCUT2D eigenvalue weighted by atomic mass is 35.7. The van der Waals surface area contributed by atoms with E-state index < -0.39 is 9.05 Å². The molecule has 0 aliphatic rings. The number of carbonyl (C=O) groups is 1. The Morgan fingerprint density at radius 2 is 1.50 bits per heavy atom. The van der Waals surface area contributed by atoms with Crippen molar-refractivity contribution in [1.82, 2.24) is 0 Å². The molecule has 1 N–H and O–H groups in total. The second-order valence-corrected chi connectivity index (χ2v) is 8.03. The number of fused-ring (bicyclic) bond motifs is 1. The quantitative estimate of drug-likeness (QED) is 0.672. The Morgan fingerprint density at radius 3 is 2.17 bits per heavy atom. The van der Waals surface area contributed by atoms with Crippen molar-refractivity contribution in [2.45, 2.75) is 4.90 Å². The molecule has 4 nitrogen and oxygen atoms in total. The van der Waals surface area contributed by atoms with Crippen LogP contribution in [0.2, 0.25) is 5.02 Å². The van der Waals surface area contributed by atoms with E-state index >= 15 is 0 Å². The van der Waals surface area contributed by atoms with E-state index in [1.165, 1.54) is 6.07 Å². The summed E-state index contributed by atoms with van der Waals surface area (Å²) in [5.74, 6) is -0.321. The summed E-state index contributed by atoms with van der Waals surface area (Å²) < 4.78 is 23.4. The van der Waals surface area contributed by atoms with E-state index in [1.807, 2.05) is 0 Å². The first-order valence-corrected chi connectivity index (χ1v) is 9.58. The topological polar surface area (TPSA) is 63.2 Å². The first-order valence-electron chi connectivity index (χ1n) is 6.89. The van der Waals surface area contributed by atoms with Gasteiger partial charge in [-0.2, -0.15) is 0 Å². The Hall–Kier alpha value is -2.08. The van der Waals surface area contributed by atoms with E-state index in [0.29, 0.717) is 27.0 Å². The fraction of sp³-hybridized carbons (Fsp3) is 0. The molecule has 0 atom stereocenters. The minimum absolute atomic E-state index is 0.00394. The molecule has 0 saturated heterocycles. The first kappa shape index (κ1) is 16.8. The maximum absolute atomic E-state index is 12.4. The van der Waals surface area contributed by atoms with Gasteiger partial charge < -0.3 is 5.32 Å². The number of amides is 1. The fourth-order valence-corrected chi connectivity index (χ4v) is 3.61. The molecule has 0 aliphatic heterocycles. The van der Waals surface area contributed by atoms with Crippen molar-refractivity contribution in [1.29, 1.82) is 0 Å². The average Bonchev–Trinajstić information content (AvgIpc) is 2.54. The number of hydrogen-bond acceptors (Lipinski definition) is 3. The monoisotopic (exact) mass is 379 g/mol. The van der Waals surface area contributed by atoms with Crippen LogP contribution in [0.1, 0.15) is 10.4 Å². The maximum Gasteiger partial charge on any atom is 0.261 e. The Labute approximate surface area is 148 Å². The Kier molecular flexibility index (Phi) is 4.49. The largest absolute Gasteiger partial charge is 0.321 e. The Bertz CT molecular complexity index is 1030. The van der Waals surface area contributed by atoms with Crippen LogP contribution in [0, 0.1) is 0 Å². The minimum atomic E-state index is -3.89. The van der Waals surface area contributed by atoms with Gasteiger partial charge in [-0.05, 0) is 36.4 Å². The van der Waals surface area contributed by atoms with E-state index in [0.717, 1.165) is 0 Å². The van der Waals surface area contributed by atoms with Crippen LogP contribution in [0.5, 0.6) is 0 Å². The van der Waals surface area contributed by atoms with E-state index in [4.69, 9.17) is 22.3 Å². The molecular formula is C17H11Cl2NO3S. The van der Waals surface area contributed by atoms with Crippen LogP contribution in [0.25, 0.3) is 10.8 Å². The second-order valence-electron chi connectivity index (χ2n) is 5.06. The van der Waals surface area contributed by atoms with Crippen LogP contribution in [0.15, 0.2) is 65.6 Å². The van der Waals surface area contributed by atoms with Gasteiger partial charge in [0.2, 0.25) is 0 Å². The van der Waals surface area contributed by atoms with Gasteiger partial charge in [0.15, 0.2) is 0 Å². The lowest BCUT2D eigenvalue weighted by Gasteiger charge is -2.10. The zero-order chi connectivity index (χ0) is 17.3. The number of rotatable bonds is 3. The average molecular weight is 380 g/mol. The summed E-state index contributed by atoms with van der Waals surface area (Å²) in [6.07, 6.45) is 0. The van der Waals surface area contributed by atoms with Crippen molar-refractivity contribution >= 4 is 53.7 Å². The predicted molar refractivity (Wildman–Crippen MR) is 96.4 cm³/mol. The summed E-state index contributed by atoms with van der Waals surface area (Å²) in [5, 5.41) is 4.35. The number of hydrogen-bond donors (Lipinski definition) is 1. The highest BCUT2D eigenvalue weighted by Crippen LogP contribution is 2.30. The lowest BCUT2D eigenvalue weighted by molar-refractivity contribution is 0.102. The molecule has 3 aromatic carbocycles. The van der Waals surface area contributed by atoms with Crippen LogP contribution in [-0.4, -0.2) is 14.3 Å². The summed E-state index contributed by atoms with van der Waals surface area (Å²) in [4.78, 5) is 12.4. The summed E-state index contributed by atoms with van der Waals surface area (Å²) in [7, 11) is 1.59. The predicted octanol–water partition coefficient (Wildman–Crippen LogP) is 4.67. The third kappa shape index (κ3) is 3.38. The molecule has 0 heterocycles. The van der Waals surface area contributed by atoms with Gasteiger partial charge in [-0.1, -0.05) is 35.9 Å². The van der Waals surface area contributed by atoms with Gasteiger partial charge >= 0.3 is 0 Å². The van der Waals surface area contributed by atoms with E-state index in [1.54, 1.807) is 54.6 Å². The highest BCUT2D eigenvalue weighted by Gasteiger charge is 2.16. The molecule has 0 spiro atoms. The number of benzene rings is 3. The molecule has 24 heavy (non-hydrogen) atoms. The number of halogens is 2. The molecule has 7 heteroatoms. The summed E-state index contributed by atoms with van der Waals surface area (Å²) in [6, 6.07) is 16.2. The Morgan fingerprint density at radius 1 is 0.875 bits per heavy atom. The summed E-state index contributed by atoms with van der Waals surface area (Å²) in [5.41, 5.74) is 0.937. The Balaban J connectivity index is 2.04. The van der Waals surface area contributed by atoms with Crippen LogP contribution < -0.4 is 5.32 Å². The zero-order valence-corrected chi connectivity index (χ0v) is 14.5. The summed E-state index contributed by atoms with van der Waals surface area (Å²) >= 11 is 5.81. The smallest absolute Gasteiger partial charge is 0.261 e. The van der Waals surface area contributed by atoms with Crippen LogP contribution in [-0.2, 0) is 9.05 Å². The van der Waals surface area contributed by atoms with E-state index in [-0.39, 0.29) is 10.8 Å². The third-order valence-corrected chi connectivity index (χ3v) is 5.13. The van der Waals surface area contributed by atoms with Crippen LogP contribution in [0.4, 0.5) is 5.69 Å². The molecule has 0 saturated carbocycles. The molecule has 0 aromatic heterocycles. The summed E-state index contributed by atoms with van der Waals surface area (Å²) in [6.45, 7) is 0. The molecular weight excluding hydrogens is 369 g/mol. The van der Waals surface area contributed by atoms with Crippen molar-refractivity contribution in [3.8, 4) is 0 Å². The lowest BCUT2D eigenvalue weighted by atomic mass is 10.1. The van der Waals surface area contributed by atoms with Crippen molar-refractivity contribution in [3.05, 3.63) is 71.2 Å². The molecule has 0 aliphatic carbocycles. The zero-order valence-electron chi connectivity index (χ0n) is 12.2. The molecule has 1 amide bonds. The molecule has 3 aromatic rings. The van der Waals surface area contributed by atoms with Crippen molar-refractivity contribution in [2.24, 2.45) is 0 Å². The molecule has 0 radical (unpaired) electrons. The number of anilines is 1. The number of carbonyl (C=O) groups excluding carboxylic acids is 1. The third-order valence-electron chi connectivity index (χ3n) is 3.50. The maximum atomic E-state index is 12.4. The molecule has 0 unspecified atom stereocenters. The van der Waals surface area contributed by atoms with Gasteiger partial charge in [0.1, 0.15) is 0 Å². The fourth-order valence-electron chi connectivity index (χ4n) is 2.40. The first-order chi connectivity index (χ1) is 11.4. The molecule has 0 bridgehead atoms. The van der Waals surface area contributed by atoms with Crippen molar-refractivity contribution < 1.29 is 13.2 Å². The molecule has 122 valence electrons. The lowest BCUT2D eigenvalue weighted by Crippen LogP contribution is -2.12. The van der Waals surface area contributed by atoms with Gasteiger partial charge in [-0.15, -0.1) is 0 Å². The van der Waals surface area contributed by atoms with Gasteiger partial charge in [-0.3, -0.25) is 4.79 Å². The SMILES string of the molecule is O=C(Nc1cccc2c(S(=O)(=O)Cl)cccc12)c1ccc(Cl)cc1. The van der Waals surface area contributed by atoms with Crippen LogP contribution in [0.3, 0.4) is 0 Å². The van der Waals surface area contributed by atoms with Gasteiger partial charge in [0.25, 0.3) is 15.0 Å². The normalized spacial score (nSPS) is 11.4. The highest BCUT2D eigenvalue weighted by molar-refractivity contribution is 8.14. The molecule has 3 rings (SSSR count). The van der Waals surface area contributed by atoms with Gasteiger partial charge in [0, 0.05) is 37.7 Å². The van der Waals surface area contributed by atoms with Crippen LogP contribution >= 0.6 is 22.3 Å². The van der Waals surface area contributed by atoms with Gasteiger partial charge in [-0.25, -0.2) is 8.42 Å². The van der Waals surface area contributed by atoms with E-state index in [9.17, 15) is 13.2 Å². The molecule has 0 fully saturated rings. The van der Waals surface area contributed by atoms with Gasteiger partial charge in [0.05, 0.1) is 4.90 Å². The van der Waals surface area contributed by atoms with E-state index in [2.05, 4.69) is 5.32 Å².